The summed E-state index contributed by atoms with van der Waals surface area (Å²) >= 11 is 5.94. The first-order valence-electron chi connectivity index (χ1n) is 7.23. The maximum absolute atomic E-state index is 12.2. The summed E-state index contributed by atoms with van der Waals surface area (Å²) in [5.74, 6) is 0.654. The number of hydrogen-bond acceptors (Lipinski definition) is 4. The molecule has 0 radical (unpaired) electrons. The molecule has 2 rings (SSSR count). The van der Waals surface area contributed by atoms with Gasteiger partial charge in [-0.15, -0.1) is 0 Å². The van der Waals surface area contributed by atoms with Crippen molar-refractivity contribution in [1.82, 2.24) is 4.90 Å². The number of nitrogens with zero attached hydrogens (tertiary/aromatic N) is 2. The summed E-state index contributed by atoms with van der Waals surface area (Å²) < 4.78 is 10.7. The zero-order valence-electron chi connectivity index (χ0n) is 13.5. The average Bonchev–Trinajstić information content (AvgIpc) is 2.59. The van der Waals surface area contributed by atoms with Crippen LogP contribution in [-0.4, -0.2) is 31.6 Å². The van der Waals surface area contributed by atoms with Gasteiger partial charge in [0, 0.05) is 24.7 Å². The molecule has 0 saturated carbocycles. The summed E-state index contributed by atoms with van der Waals surface area (Å²) in [5, 5.41) is 9.51. The van der Waals surface area contributed by atoms with E-state index in [1.807, 2.05) is 24.3 Å². The predicted octanol–water partition coefficient (Wildman–Crippen LogP) is 3.26. The number of halogens is 1. The number of methoxy groups -OCH3 is 1. The van der Waals surface area contributed by atoms with Crippen molar-refractivity contribution >= 4 is 17.5 Å². The molecule has 6 heteroatoms. The summed E-state index contributed by atoms with van der Waals surface area (Å²) in [7, 11) is 3.18. The van der Waals surface area contributed by atoms with Gasteiger partial charge in [-0.05, 0) is 29.8 Å². The molecule has 0 aliphatic heterocycles. The van der Waals surface area contributed by atoms with E-state index in [0.29, 0.717) is 28.6 Å². The normalized spacial score (nSPS) is 9.92. The quantitative estimate of drug-likeness (QED) is 0.807. The third kappa shape index (κ3) is 4.64. The Balaban J connectivity index is 1.96. The van der Waals surface area contributed by atoms with Gasteiger partial charge in [0.15, 0.2) is 18.1 Å². The molecule has 5 nitrogen and oxygen atoms in total. The van der Waals surface area contributed by atoms with E-state index in [1.165, 1.54) is 7.11 Å². The first-order chi connectivity index (χ1) is 11.5. The lowest BCUT2D eigenvalue weighted by Gasteiger charge is -2.18. The van der Waals surface area contributed by atoms with Gasteiger partial charge in [-0.25, -0.2) is 0 Å². The van der Waals surface area contributed by atoms with Gasteiger partial charge >= 0.3 is 0 Å². The van der Waals surface area contributed by atoms with Gasteiger partial charge in [0.05, 0.1) is 18.7 Å². The molecular formula is C18H17ClN2O3. The molecule has 0 spiro atoms. The number of benzene rings is 2. The minimum Gasteiger partial charge on any atom is -0.493 e. The largest absolute Gasteiger partial charge is 0.493 e. The zero-order chi connectivity index (χ0) is 17.5. The monoisotopic (exact) mass is 344 g/mol. The predicted molar refractivity (Wildman–Crippen MR) is 91.1 cm³/mol. The molecule has 0 atom stereocenters. The van der Waals surface area contributed by atoms with E-state index in [2.05, 4.69) is 0 Å². The summed E-state index contributed by atoms with van der Waals surface area (Å²) in [5.41, 5.74) is 1.40. The van der Waals surface area contributed by atoms with E-state index in [9.17, 15) is 4.79 Å². The van der Waals surface area contributed by atoms with Crippen LogP contribution >= 0.6 is 11.6 Å². The number of ether oxygens (including phenoxy) is 2. The van der Waals surface area contributed by atoms with Crippen molar-refractivity contribution < 1.29 is 14.3 Å². The SMILES string of the molecule is COc1cc(C#N)ccc1OCC(=O)N(C)Cc1cccc(Cl)c1. The minimum atomic E-state index is -0.179. The van der Waals surface area contributed by atoms with Crippen LogP contribution in [0.1, 0.15) is 11.1 Å². The number of carbonyl (C=O) groups excluding carboxylic acids is 1. The molecule has 0 aromatic heterocycles. The maximum Gasteiger partial charge on any atom is 0.260 e. The van der Waals surface area contributed by atoms with E-state index >= 15 is 0 Å². The summed E-state index contributed by atoms with van der Waals surface area (Å²) in [6.07, 6.45) is 0. The zero-order valence-corrected chi connectivity index (χ0v) is 14.2. The van der Waals surface area contributed by atoms with Crippen LogP contribution in [-0.2, 0) is 11.3 Å². The highest BCUT2D eigenvalue weighted by atomic mass is 35.5. The molecule has 24 heavy (non-hydrogen) atoms. The molecule has 0 unspecified atom stereocenters. The van der Waals surface area contributed by atoms with Crippen molar-refractivity contribution in [3.63, 3.8) is 0 Å². The van der Waals surface area contributed by atoms with Crippen LogP contribution < -0.4 is 9.47 Å². The standard InChI is InChI=1S/C18H17ClN2O3/c1-21(11-14-4-3-5-15(19)8-14)18(22)12-24-16-7-6-13(10-20)9-17(16)23-2/h3-9H,11-12H2,1-2H3. The van der Waals surface area contributed by atoms with Gasteiger partial charge in [-0.2, -0.15) is 5.26 Å². The number of amides is 1. The fourth-order valence-corrected chi connectivity index (χ4v) is 2.32. The van der Waals surface area contributed by atoms with Crippen LogP contribution in [0.15, 0.2) is 42.5 Å². The Labute approximate surface area is 146 Å². The second kappa shape index (κ2) is 8.23. The molecule has 0 bridgehead atoms. The Morgan fingerprint density at radius 1 is 1.25 bits per heavy atom. The third-order valence-corrected chi connectivity index (χ3v) is 3.61. The summed E-state index contributed by atoms with van der Waals surface area (Å²) in [6.45, 7) is 0.312. The Hall–Kier alpha value is -2.71. The van der Waals surface area contributed by atoms with Crippen molar-refractivity contribution in [2.75, 3.05) is 20.8 Å². The van der Waals surface area contributed by atoms with Gasteiger partial charge in [-0.1, -0.05) is 23.7 Å². The van der Waals surface area contributed by atoms with Gasteiger partial charge in [0.1, 0.15) is 0 Å². The highest BCUT2D eigenvalue weighted by Gasteiger charge is 2.13. The van der Waals surface area contributed by atoms with Crippen LogP contribution in [0.4, 0.5) is 0 Å². The van der Waals surface area contributed by atoms with Gasteiger partial charge < -0.3 is 14.4 Å². The Kier molecular flexibility index (Phi) is 6.05. The molecular weight excluding hydrogens is 328 g/mol. The van der Waals surface area contributed by atoms with E-state index in [-0.39, 0.29) is 12.5 Å². The summed E-state index contributed by atoms with van der Waals surface area (Å²) in [4.78, 5) is 13.8. The molecule has 2 aromatic carbocycles. The van der Waals surface area contributed by atoms with Crippen molar-refractivity contribution in [3.05, 3.63) is 58.6 Å². The first-order valence-corrected chi connectivity index (χ1v) is 7.60. The molecule has 0 fully saturated rings. The van der Waals surface area contributed by atoms with Crippen LogP contribution in [0.25, 0.3) is 0 Å². The summed E-state index contributed by atoms with van der Waals surface area (Å²) in [6, 6.07) is 14.2. The minimum absolute atomic E-state index is 0.126. The lowest BCUT2D eigenvalue weighted by Crippen LogP contribution is -2.31. The Morgan fingerprint density at radius 2 is 2.04 bits per heavy atom. The Bertz CT molecular complexity index is 771. The highest BCUT2D eigenvalue weighted by molar-refractivity contribution is 6.30. The smallest absolute Gasteiger partial charge is 0.260 e. The molecule has 0 N–H and O–H groups in total. The van der Waals surface area contributed by atoms with Crippen LogP contribution in [0, 0.1) is 11.3 Å². The van der Waals surface area contributed by atoms with Crippen molar-refractivity contribution in [3.8, 4) is 17.6 Å². The number of hydrogen-bond donors (Lipinski definition) is 0. The molecule has 0 saturated heterocycles. The second-order valence-electron chi connectivity index (χ2n) is 5.15. The molecule has 0 heterocycles. The van der Waals surface area contributed by atoms with Crippen molar-refractivity contribution in [1.29, 1.82) is 5.26 Å². The van der Waals surface area contributed by atoms with Crippen LogP contribution in [0.3, 0.4) is 0 Å². The van der Waals surface area contributed by atoms with E-state index in [0.717, 1.165) is 5.56 Å². The van der Waals surface area contributed by atoms with Crippen LogP contribution in [0.2, 0.25) is 5.02 Å². The molecule has 124 valence electrons. The Morgan fingerprint density at radius 3 is 2.71 bits per heavy atom. The molecule has 0 aliphatic carbocycles. The van der Waals surface area contributed by atoms with Crippen molar-refractivity contribution in [2.45, 2.75) is 6.54 Å². The lowest BCUT2D eigenvalue weighted by atomic mass is 10.2. The van der Waals surface area contributed by atoms with Gasteiger partial charge in [0.25, 0.3) is 5.91 Å². The second-order valence-corrected chi connectivity index (χ2v) is 5.58. The number of carbonyl (C=O) groups is 1. The lowest BCUT2D eigenvalue weighted by molar-refractivity contribution is -0.132. The fourth-order valence-electron chi connectivity index (χ4n) is 2.10. The van der Waals surface area contributed by atoms with E-state index < -0.39 is 0 Å². The highest BCUT2D eigenvalue weighted by Crippen LogP contribution is 2.27. The average molecular weight is 345 g/mol. The van der Waals surface area contributed by atoms with Crippen molar-refractivity contribution in [2.24, 2.45) is 0 Å². The van der Waals surface area contributed by atoms with Crippen LogP contribution in [0.5, 0.6) is 11.5 Å². The third-order valence-electron chi connectivity index (χ3n) is 3.38. The molecule has 2 aromatic rings. The number of rotatable bonds is 6. The topological polar surface area (TPSA) is 62.6 Å². The first kappa shape index (κ1) is 17.6. The number of nitriles is 1. The van der Waals surface area contributed by atoms with Gasteiger partial charge in [0.2, 0.25) is 0 Å². The molecule has 0 aliphatic rings. The maximum atomic E-state index is 12.2. The van der Waals surface area contributed by atoms with E-state index in [4.69, 9.17) is 26.3 Å². The van der Waals surface area contributed by atoms with Gasteiger partial charge in [-0.3, -0.25) is 4.79 Å². The van der Waals surface area contributed by atoms with E-state index in [1.54, 1.807) is 36.2 Å². The number of likely N-dealkylation sites (N-methyl/N-ethyl adjacent to an activating group) is 1. The fraction of sp³-hybridized carbons (Fsp3) is 0.222. The molecule has 1 amide bonds.